The summed E-state index contributed by atoms with van der Waals surface area (Å²) in [6.45, 7) is 4.75. The first kappa shape index (κ1) is 24.0. The molecule has 0 fully saturated rings. The molecule has 0 radical (unpaired) electrons. The Morgan fingerprint density at radius 2 is 1.91 bits per heavy atom. The van der Waals surface area contributed by atoms with Crippen LogP contribution in [-0.4, -0.2) is 44.7 Å². The molecule has 0 bridgehead atoms. The topological polar surface area (TPSA) is 118 Å². The van der Waals surface area contributed by atoms with Gasteiger partial charge in [-0.25, -0.2) is 9.97 Å². The molecule has 0 unspecified atom stereocenters. The number of fused-ring (bicyclic) bond motifs is 1. The van der Waals surface area contributed by atoms with E-state index in [-0.39, 0.29) is 40.6 Å². The summed E-state index contributed by atoms with van der Waals surface area (Å²) in [5.74, 6) is -0.605. The van der Waals surface area contributed by atoms with E-state index >= 15 is 0 Å². The van der Waals surface area contributed by atoms with E-state index in [1.807, 2.05) is 32.0 Å². The molecule has 1 heterocycles. The summed E-state index contributed by atoms with van der Waals surface area (Å²) < 4.78 is 0. The molecule has 0 saturated carbocycles. The molecule has 9 nitrogen and oxygen atoms in total. The van der Waals surface area contributed by atoms with Crippen molar-refractivity contribution in [2.45, 2.75) is 39.2 Å². The van der Waals surface area contributed by atoms with Crippen molar-refractivity contribution in [1.82, 2.24) is 20.2 Å². The van der Waals surface area contributed by atoms with Crippen molar-refractivity contribution in [3.63, 3.8) is 0 Å². The summed E-state index contributed by atoms with van der Waals surface area (Å²) in [5, 5.41) is 14.7. The molecule has 2 amide bonds. The number of nitrogens with one attached hydrogen (secondary N) is 1. The summed E-state index contributed by atoms with van der Waals surface area (Å²) in [6, 6.07) is 13.5. The number of hydrogen-bond donors (Lipinski definition) is 1. The zero-order valence-corrected chi connectivity index (χ0v) is 19.7. The number of nitrogens with zero attached hydrogens (tertiary/aromatic N) is 4. The number of carbonyl (C=O) groups is 2. The standard InChI is InChI=1S/C26H27N5O4/c1-3-30(4-2)26(33)18-12-13-23(31(34)35)20(16-18)24-27-15-14-22(28-24)25(32)29-21-11-7-9-17-8-5-6-10-19(17)21/h5-6,8,10,12-16,21H,3-4,7,9,11H2,1-2H3,(H,29,32)/t21-/m0/s1. The lowest BCUT2D eigenvalue weighted by atomic mass is 9.87. The molecule has 0 aliphatic heterocycles. The van der Waals surface area contributed by atoms with E-state index in [1.165, 1.54) is 36.0 Å². The predicted molar refractivity (Wildman–Crippen MR) is 131 cm³/mol. The van der Waals surface area contributed by atoms with Crippen molar-refractivity contribution < 1.29 is 14.5 Å². The number of hydrogen-bond acceptors (Lipinski definition) is 6. The number of aryl methyl sites for hydroxylation is 1. The maximum atomic E-state index is 13.1. The lowest BCUT2D eigenvalue weighted by molar-refractivity contribution is -0.384. The van der Waals surface area contributed by atoms with Crippen molar-refractivity contribution in [2.75, 3.05) is 13.1 Å². The molecule has 1 aliphatic rings. The minimum absolute atomic E-state index is 0.0163. The average molecular weight is 474 g/mol. The van der Waals surface area contributed by atoms with Crippen molar-refractivity contribution in [3.8, 4) is 11.4 Å². The maximum Gasteiger partial charge on any atom is 0.280 e. The van der Waals surface area contributed by atoms with Gasteiger partial charge in [-0.3, -0.25) is 19.7 Å². The van der Waals surface area contributed by atoms with Gasteiger partial charge in [-0.15, -0.1) is 0 Å². The Balaban J connectivity index is 1.65. The van der Waals surface area contributed by atoms with Crippen LogP contribution in [0, 0.1) is 10.1 Å². The number of rotatable bonds is 7. The van der Waals surface area contributed by atoms with Gasteiger partial charge in [0, 0.05) is 30.9 Å². The van der Waals surface area contributed by atoms with Crippen LogP contribution in [-0.2, 0) is 6.42 Å². The van der Waals surface area contributed by atoms with Gasteiger partial charge in [-0.05, 0) is 62.4 Å². The SMILES string of the molecule is CCN(CC)C(=O)c1ccc([N+](=O)[O-])c(-c2nccc(C(=O)N[C@H]3CCCc4ccccc43)n2)c1. The second-order valence-electron chi connectivity index (χ2n) is 8.35. The van der Waals surface area contributed by atoms with Crippen LogP contribution < -0.4 is 5.32 Å². The number of benzene rings is 2. The quantitative estimate of drug-likeness (QED) is 0.403. The van der Waals surface area contributed by atoms with Crippen LogP contribution in [0.2, 0.25) is 0 Å². The van der Waals surface area contributed by atoms with E-state index in [4.69, 9.17) is 0 Å². The highest BCUT2D eigenvalue weighted by Gasteiger charge is 2.25. The van der Waals surface area contributed by atoms with Gasteiger partial charge in [0.05, 0.1) is 16.5 Å². The first-order chi connectivity index (χ1) is 16.9. The molecular formula is C26H27N5O4. The van der Waals surface area contributed by atoms with Crippen LogP contribution in [0.3, 0.4) is 0 Å². The molecule has 180 valence electrons. The molecule has 4 rings (SSSR count). The molecule has 1 N–H and O–H groups in total. The Morgan fingerprint density at radius 1 is 1.14 bits per heavy atom. The third kappa shape index (κ3) is 5.03. The third-order valence-electron chi connectivity index (χ3n) is 6.29. The van der Waals surface area contributed by atoms with Crippen LogP contribution in [0.15, 0.2) is 54.7 Å². The second kappa shape index (κ2) is 10.4. The summed E-state index contributed by atoms with van der Waals surface area (Å²) in [5.41, 5.74) is 2.57. The normalized spacial score (nSPS) is 14.6. The van der Waals surface area contributed by atoms with E-state index < -0.39 is 4.92 Å². The molecule has 1 aromatic heterocycles. The van der Waals surface area contributed by atoms with Gasteiger partial charge in [-0.1, -0.05) is 24.3 Å². The largest absolute Gasteiger partial charge is 0.344 e. The summed E-state index contributed by atoms with van der Waals surface area (Å²) >= 11 is 0. The highest BCUT2D eigenvalue weighted by atomic mass is 16.6. The van der Waals surface area contributed by atoms with Gasteiger partial charge >= 0.3 is 0 Å². The average Bonchev–Trinajstić information content (AvgIpc) is 2.89. The molecule has 2 aromatic carbocycles. The van der Waals surface area contributed by atoms with Crippen LogP contribution in [0.1, 0.15) is 64.7 Å². The number of aromatic nitrogens is 2. The molecule has 35 heavy (non-hydrogen) atoms. The number of nitro benzene ring substituents is 1. The first-order valence-electron chi connectivity index (χ1n) is 11.7. The molecule has 3 aromatic rings. The minimum Gasteiger partial charge on any atom is -0.344 e. The molecule has 0 saturated heterocycles. The molecule has 9 heteroatoms. The first-order valence-corrected chi connectivity index (χ1v) is 11.7. The van der Waals surface area contributed by atoms with Crippen molar-refractivity contribution >= 4 is 17.5 Å². The zero-order valence-electron chi connectivity index (χ0n) is 19.7. The van der Waals surface area contributed by atoms with Gasteiger partial charge in [0.25, 0.3) is 17.5 Å². The Morgan fingerprint density at radius 3 is 2.66 bits per heavy atom. The lowest BCUT2D eigenvalue weighted by Gasteiger charge is -2.26. The summed E-state index contributed by atoms with van der Waals surface area (Å²) in [4.78, 5) is 47.2. The Labute approximate surface area is 203 Å². The maximum absolute atomic E-state index is 13.1. The highest BCUT2D eigenvalue weighted by molar-refractivity contribution is 5.96. The predicted octanol–water partition coefficient (Wildman–Crippen LogP) is 4.34. The van der Waals surface area contributed by atoms with E-state index in [2.05, 4.69) is 21.4 Å². The fourth-order valence-electron chi connectivity index (χ4n) is 4.45. The van der Waals surface area contributed by atoms with E-state index in [9.17, 15) is 19.7 Å². The molecule has 1 atom stereocenters. The zero-order chi connectivity index (χ0) is 24.9. The molecule has 0 spiro atoms. The van der Waals surface area contributed by atoms with Crippen LogP contribution in [0.25, 0.3) is 11.4 Å². The smallest absolute Gasteiger partial charge is 0.280 e. The minimum atomic E-state index is -0.546. The van der Waals surface area contributed by atoms with Gasteiger partial charge in [0.15, 0.2) is 5.82 Å². The summed E-state index contributed by atoms with van der Waals surface area (Å²) in [7, 11) is 0. The highest BCUT2D eigenvalue weighted by Crippen LogP contribution is 2.31. The number of carbonyl (C=O) groups excluding carboxylic acids is 2. The van der Waals surface area contributed by atoms with Gasteiger partial charge < -0.3 is 10.2 Å². The van der Waals surface area contributed by atoms with Gasteiger partial charge in [0.2, 0.25) is 0 Å². The molecular weight excluding hydrogens is 446 g/mol. The fraction of sp³-hybridized carbons (Fsp3) is 0.308. The monoisotopic (exact) mass is 473 g/mol. The third-order valence-corrected chi connectivity index (χ3v) is 6.29. The Hall–Kier alpha value is -4.14. The van der Waals surface area contributed by atoms with Crippen LogP contribution in [0.4, 0.5) is 5.69 Å². The van der Waals surface area contributed by atoms with Gasteiger partial charge in [-0.2, -0.15) is 0 Å². The van der Waals surface area contributed by atoms with E-state index in [0.717, 1.165) is 24.8 Å². The molecule has 1 aliphatic carbocycles. The Bertz CT molecular complexity index is 1270. The van der Waals surface area contributed by atoms with Crippen molar-refractivity contribution in [2.24, 2.45) is 0 Å². The van der Waals surface area contributed by atoms with Gasteiger partial charge in [0.1, 0.15) is 5.69 Å². The lowest BCUT2D eigenvalue weighted by Crippen LogP contribution is -2.31. The second-order valence-corrected chi connectivity index (χ2v) is 8.35. The van der Waals surface area contributed by atoms with Crippen LogP contribution in [0.5, 0.6) is 0 Å². The van der Waals surface area contributed by atoms with E-state index in [1.54, 1.807) is 4.90 Å². The van der Waals surface area contributed by atoms with Crippen molar-refractivity contribution in [1.29, 1.82) is 0 Å². The fourth-order valence-corrected chi connectivity index (χ4v) is 4.45. The van der Waals surface area contributed by atoms with Crippen molar-refractivity contribution in [3.05, 3.63) is 87.2 Å². The number of nitro groups is 1. The number of amides is 2. The summed E-state index contributed by atoms with van der Waals surface area (Å²) in [6.07, 6.45) is 4.17. The van der Waals surface area contributed by atoms with Crippen LogP contribution >= 0.6 is 0 Å². The Kier molecular flexibility index (Phi) is 7.14. The van der Waals surface area contributed by atoms with E-state index in [0.29, 0.717) is 18.7 Å².